The number of ketones is 2. The summed E-state index contributed by atoms with van der Waals surface area (Å²) in [5.74, 6) is -1.19. The van der Waals surface area contributed by atoms with Crippen LogP contribution in [0.15, 0.2) is 42.5 Å². The summed E-state index contributed by atoms with van der Waals surface area (Å²) >= 11 is 0. The van der Waals surface area contributed by atoms with Crippen LogP contribution in [0.5, 0.6) is 0 Å². The van der Waals surface area contributed by atoms with Crippen molar-refractivity contribution < 1.29 is 14.5 Å². The van der Waals surface area contributed by atoms with E-state index in [0.717, 1.165) is 0 Å². The lowest BCUT2D eigenvalue weighted by Crippen LogP contribution is -2.21. The molecule has 0 spiro atoms. The van der Waals surface area contributed by atoms with Crippen LogP contribution in [-0.4, -0.2) is 16.5 Å². The van der Waals surface area contributed by atoms with Crippen molar-refractivity contribution in [2.75, 3.05) is 0 Å². The zero-order valence-corrected chi connectivity index (χ0v) is 9.62. The molecule has 0 N–H and O–H groups in total. The summed E-state index contributed by atoms with van der Waals surface area (Å²) in [4.78, 5) is 34.1. The van der Waals surface area contributed by atoms with Crippen molar-refractivity contribution in [3.8, 4) is 11.1 Å². The van der Waals surface area contributed by atoms with Gasteiger partial charge in [0.25, 0.3) is 5.69 Å². The van der Waals surface area contributed by atoms with E-state index >= 15 is 0 Å². The molecule has 1 aliphatic rings. The largest absolute Gasteiger partial charge is 0.285 e. The number of fused-ring (bicyclic) bond motifs is 3. The van der Waals surface area contributed by atoms with E-state index in [0.29, 0.717) is 16.7 Å². The molecule has 2 aromatic carbocycles. The number of carbonyl (C=O) groups is 2. The maximum atomic E-state index is 11.9. The fourth-order valence-electron chi connectivity index (χ4n) is 2.23. The zero-order valence-electron chi connectivity index (χ0n) is 9.62. The number of nitrogens with zero attached hydrogens (tertiary/aromatic N) is 1. The molecule has 1 aliphatic carbocycles. The molecular weight excluding hydrogens is 246 g/mol. The van der Waals surface area contributed by atoms with Crippen LogP contribution in [0.3, 0.4) is 0 Å². The summed E-state index contributed by atoms with van der Waals surface area (Å²) in [6.07, 6.45) is 0. The summed E-state index contributed by atoms with van der Waals surface area (Å²) in [6, 6.07) is 10.5. The molecule has 0 heterocycles. The lowest BCUT2D eigenvalue weighted by Gasteiger charge is -2.17. The molecule has 0 fully saturated rings. The summed E-state index contributed by atoms with van der Waals surface area (Å²) in [5.41, 5.74) is 1.41. The maximum Gasteiger partial charge on any atom is 0.270 e. The lowest BCUT2D eigenvalue weighted by atomic mass is 9.84. The highest BCUT2D eigenvalue weighted by atomic mass is 16.6. The zero-order chi connectivity index (χ0) is 13.6. The first-order valence-electron chi connectivity index (χ1n) is 5.56. The van der Waals surface area contributed by atoms with Crippen LogP contribution < -0.4 is 0 Å². The van der Waals surface area contributed by atoms with Crippen molar-refractivity contribution >= 4 is 17.3 Å². The Morgan fingerprint density at radius 2 is 1.37 bits per heavy atom. The molecule has 5 nitrogen and oxygen atoms in total. The third-order valence-corrected chi connectivity index (χ3v) is 3.13. The van der Waals surface area contributed by atoms with Gasteiger partial charge in [0, 0.05) is 28.8 Å². The van der Waals surface area contributed by atoms with Crippen LogP contribution in [-0.2, 0) is 0 Å². The van der Waals surface area contributed by atoms with Gasteiger partial charge in [0.05, 0.1) is 4.92 Å². The maximum absolute atomic E-state index is 11.9. The molecule has 0 bridgehead atoms. The number of hydrogen-bond donors (Lipinski definition) is 0. The number of nitro groups is 1. The topological polar surface area (TPSA) is 77.3 Å². The Hall–Kier alpha value is -2.82. The van der Waals surface area contributed by atoms with Crippen LogP contribution in [0.4, 0.5) is 5.69 Å². The first kappa shape index (κ1) is 11.3. The highest BCUT2D eigenvalue weighted by Crippen LogP contribution is 2.35. The van der Waals surface area contributed by atoms with Gasteiger partial charge in [-0.25, -0.2) is 0 Å². The van der Waals surface area contributed by atoms with E-state index in [-0.39, 0.29) is 11.3 Å². The van der Waals surface area contributed by atoms with Crippen molar-refractivity contribution in [2.24, 2.45) is 0 Å². The number of nitro benzene ring substituents is 1. The number of benzene rings is 2. The Balaban J connectivity index is 2.35. The van der Waals surface area contributed by atoms with Gasteiger partial charge in [-0.1, -0.05) is 24.3 Å². The predicted octanol–water partition coefficient (Wildman–Crippen LogP) is 2.64. The van der Waals surface area contributed by atoms with Crippen LogP contribution >= 0.6 is 0 Å². The van der Waals surface area contributed by atoms with Crippen LogP contribution in [0, 0.1) is 10.1 Å². The Morgan fingerprint density at radius 3 is 2.00 bits per heavy atom. The summed E-state index contributed by atoms with van der Waals surface area (Å²) in [6.45, 7) is 0. The molecule has 0 atom stereocenters. The molecule has 0 aromatic heterocycles. The summed E-state index contributed by atoms with van der Waals surface area (Å²) in [5, 5.41) is 10.8. The molecule has 3 rings (SSSR count). The van der Waals surface area contributed by atoms with E-state index in [1.807, 2.05) is 0 Å². The van der Waals surface area contributed by atoms with Gasteiger partial charge in [-0.15, -0.1) is 0 Å². The number of Topliss-reactive ketones (excluding diaryl/α,β-unsaturated/α-hetero) is 2. The fraction of sp³-hybridized carbons (Fsp3) is 0. The third-order valence-electron chi connectivity index (χ3n) is 3.13. The van der Waals surface area contributed by atoms with E-state index < -0.39 is 16.5 Å². The van der Waals surface area contributed by atoms with E-state index in [1.54, 1.807) is 24.3 Å². The minimum Gasteiger partial charge on any atom is -0.285 e. The molecule has 0 amide bonds. The van der Waals surface area contributed by atoms with Crippen LogP contribution in [0.1, 0.15) is 20.7 Å². The highest BCUT2D eigenvalue weighted by molar-refractivity contribution is 6.53. The van der Waals surface area contributed by atoms with E-state index in [4.69, 9.17) is 0 Å². The van der Waals surface area contributed by atoms with Gasteiger partial charge in [0.1, 0.15) is 0 Å². The molecule has 92 valence electrons. The third kappa shape index (κ3) is 1.55. The number of carbonyl (C=O) groups excluding carboxylic acids is 2. The number of rotatable bonds is 1. The van der Waals surface area contributed by atoms with E-state index in [1.165, 1.54) is 18.2 Å². The fourth-order valence-corrected chi connectivity index (χ4v) is 2.23. The Bertz CT molecular complexity index is 749. The Kier molecular flexibility index (Phi) is 2.28. The van der Waals surface area contributed by atoms with E-state index in [2.05, 4.69) is 0 Å². The van der Waals surface area contributed by atoms with Gasteiger partial charge >= 0.3 is 0 Å². The first-order chi connectivity index (χ1) is 9.09. The Labute approximate surface area is 107 Å². The monoisotopic (exact) mass is 253 g/mol. The van der Waals surface area contributed by atoms with Crippen LogP contribution in [0.2, 0.25) is 0 Å². The second-order valence-corrected chi connectivity index (χ2v) is 4.19. The molecule has 0 saturated carbocycles. The molecule has 2 aromatic rings. The van der Waals surface area contributed by atoms with Crippen molar-refractivity contribution in [3.63, 3.8) is 0 Å². The molecular formula is C14H7NO4. The van der Waals surface area contributed by atoms with Crippen molar-refractivity contribution in [2.45, 2.75) is 0 Å². The first-order valence-corrected chi connectivity index (χ1v) is 5.56. The highest BCUT2D eigenvalue weighted by Gasteiger charge is 2.31. The second-order valence-electron chi connectivity index (χ2n) is 4.19. The van der Waals surface area contributed by atoms with Crippen molar-refractivity contribution in [3.05, 3.63) is 63.7 Å². The van der Waals surface area contributed by atoms with Gasteiger partial charge in [-0.3, -0.25) is 19.7 Å². The number of hydrogen-bond acceptors (Lipinski definition) is 4. The van der Waals surface area contributed by atoms with Gasteiger partial charge < -0.3 is 0 Å². The predicted molar refractivity (Wildman–Crippen MR) is 67.2 cm³/mol. The quantitative estimate of drug-likeness (QED) is 0.444. The van der Waals surface area contributed by atoms with Gasteiger partial charge in [-0.2, -0.15) is 0 Å². The normalized spacial score (nSPS) is 12.8. The van der Waals surface area contributed by atoms with Gasteiger partial charge in [-0.05, 0) is 11.6 Å². The van der Waals surface area contributed by atoms with Crippen molar-refractivity contribution in [1.82, 2.24) is 0 Å². The number of non-ortho nitro benzene ring substituents is 1. The Morgan fingerprint density at radius 1 is 0.789 bits per heavy atom. The molecule has 0 unspecified atom stereocenters. The van der Waals surface area contributed by atoms with E-state index in [9.17, 15) is 19.7 Å². The SMILES string of the molecule is O=C1C(=O)c2ccc([N+](=O)[O-])cc2-c2ccccc21. The summed E-state index contributed by atoms with van der Waals surface area (Å²) < 4.78 is 0. The minimum absolute atomic E-state index is 0.101. The van der Waals surface area contributed by atoms with Crippen molar-refractivity contribution in [1.29, 1.82) is 0 Å². The smallest absolute Gasteiger partial charge is 0.270 e. The average Bonchev–Trinajstić information content (AvgIpc) is 2.44. The molecule has 0 saturated heterocycles. The summed E-state index contributed by atoms with van der Waals surface area (Å²) in [7, 11) is 0. The molecule has 0 aliphatic heterocycles. The van der Waals surface area contributed by atoms with Crippen LogP contribution in [0.25, 0.3) is 11.1 Å². The second kappa shape index (κ2) is 3.84. The standard InChI is InChI=1S/C14H7NO4/c16-13-10-4-2-1-3-9(10)12-7-8(15(18)19)5-6-11(12)14(13)17/h1-7H. The lowest BCUT2D eigenvalue weighted by molar-refractivity contribution is -0.384. The minimum atomic E-state index is -0.622. The molecule has 5 heteroatoms. The molecule has 19 heavy (non-hydrogen) atoms. The average molecular weight is 253 g/mol. The van der Waals surface area contributed by atoms with Gasteiger partial charge in [0.2, 0.25) is 11.6 Å². The van der Waals surface area contributed by atoms with Gasteiger partial charge in [0.15, 0.2) is 0 Å². The molecule has 0 radical (unpaired) electrons.